The van der Waals surface area contributed by atoms with Crippen LogP contribution in [0.2, 0.25) is 0 Å². The zero-order valence-electron chi connectivity index (χ0n) is 11.5. The molecule has 1 heterocycles. The molecule has 0 aromatic heterocycles. The number of β-amino-alcohol motifs (C(OH)–C–C–N with tert-alkyl or cyclic N) is 1. The number of aliphatic hydroxyl groups excluding tert-OH is 1. The molecule has 6 nitrogen and oxygen atoms in total. The molecule has 20 heavy (non-hydrogen) atoms. The third kappa shape index (κ3) is 2.60. The van der Waals surface area contributed by atoms with Crippen LogP contribution >= 0.6 is 0 Å². The van der Waals surface area contributed by atoms with E-state index in [0.717, 1.165) is 11.3 Å². The number of amides is 2. The second kappa shape index (κ2) is 5.50. The molecule has 0 bridgehead atoms. The van der Waals surface area contributed by atoms with E-state index < -0.39 is 24.1 Å². The van der Waals surface area contributed by atoms with Gasteiger partial charge in [-0.15, -0.1) is 0 Å². The third-order valence-electron chi connectivity index (χ3n) is 3.57. The minimum Gasteiger partial charge on any atom is -0.480 e. The lowest BCUT2D eigenvalue weighted by atomic mass is 10.2. The molecule has 0 radical (unpaired) electrons. The molecule has 1 saturated heterocycles. The highest BCUT2D eigenvalue weighted by atomic mass is 16.4. The highest BCUT2D eigenvalue weighted by molar-refractivity contribution is 5.95. The second-order valence-corrected chi connectivity index (χ2v) is 5.02. The van der Waals surface area contributed by atoms with E-state index in [1.165, 1.54) is 9.80 Å². The molecule has 1 aliphatic heterocycles. The Hall–Kier alpha value is -2.08. The minimum atomic E-state index is -1.09. The van der Waals surface area contributed by atoms with Crippen LogP contribution in [0.25, 0.3) is 0 Å². The molecule has 2 rings (SSSR count). The number of hydrogen-bond donors (Lipinski definition) is 2. The summed E-state index contributed by atoms with van der Waals surface area (Å²) in [6, 6.07) is 5.99. The monoisotopic (exact) mass is 278 g/mol. The smallest absolute Gasteiger partial charge is 0.326 e. The van der Waals surface area contributed by atoms with E-state index in [0.29, 0.717) is 0 Å². The van der Waals surface area contributed by atoms with Gasteiger partial charge in [-0.1, -0.05) is 18.2 Å². The normalized spacial score (nSPS) is 21.9. The summed E-state index contributed by atoms with van der Waals surface area (Å²) in [5.74, 6) is -1.09. The van der Waals surface area contributed by atoms with Crippen molar-refractivity contribution in [1.29, 1.82) is 0 Å². The van der Waals surface area contributed by atoms with Gasteiger partial charge in [0.1, 0.15) is 6.04 Å². The zero-order valence-corrected chi connectivity index (χ0v) is 11.5. The highest BCUT2D eigenvalue weighted by Crippen LogP contribution is 2.24. The molecule has 0 saturated carbocycles. The molecular formula is C14H18N2O4. The maximum Gasteiger partial charge on any atom is 0.326 e. The molecule has 6 heteroatoms. The average molecular weight is 278 g/mol. The predicted octanol–water partition coefficient (Wildman–Crippen LogP) is 1.07. The number of anilines is 1. The van der Waals surface area contributed by atoms with E-state index in [2.05, 4.69) is 0 Å². The van der Waals surface area contributed by atoms with E-state index in [9.17, 15) is 14.7 Å². The number of carboxylic acids is 1. The van der Waals surface area contributed by atoms with Crippen LogP contribution in [0.15, 0.2) is 24.3 Å². The van der Waals surface area contributed by atoms with Crippen molar-refractivity contribution in [3.05, 3.63) is 29.8 Å². The molecule has 1 aliphatic rings. The first-order valence-corrected chi connectivity index (χ1v) is 6.42. The van der Waals surface area contributed by atoms with Crippen LogP contribution in [0.5, 0.6) is 0 Å². The van der Waals surface area contributed by atoms with Crippen LogP contribution < -0.4 is 4.90 Å². The number of rotatable bonds is 2. The molecule has 108 valence electrons. The Morgan fingerprint density at radius 1 is 1.35 bits per heavy atom. The number of aryl methyl sites for hydroxylation is 1. The number of aliphatic hydroxyl groups is 1. The predicted molar refractivity (Wildman–Crippen MR) is 73.7 cm³/mol. The number of hydrogen-bond acceptors (Lipinski definition) is 3. The van der Waals surface area contributed by atoms with Crippen LogP contribution in [-0.4, -0.2) is 52.9 Å². The Kier molecular flexibility index (Phi) is 3.94. The van der Waals surface area contributed by atoms with E-state index in [-0.39, 0.29) is 13.0 Å². The molecule has 2 N–H and O–H groups in total. The van der Waals surface area contributed by atoms with Crippen molar-refractivity contribution < 1.29 is 19.8 Å². The van der Waals surface area contributed by atoms with E-state index in [1.807, 2.05) is 25.1 Å². The SMILES string of the molecule is Cc1ccccc1N(C)C(=O)N1CC(O)CC1C(=O)O. The summed E-state index contributed by atoms with van der Waals surface area (Å²) in [5, 5.41) is 18.7. The fourth-order valence-corrected chi connectivity index (χ4v) is 2.49. The fraction of sp³-hybridized carbons (Fsp3) is 0.429. The Bertz CT molecular complexity index is 532. The molecule has 1 aromatic rings. The number of carbonyl (C=O) groups is 2. The first kappa shape index (κ1) is 14.3. The first-order chi connectivity index (χ1) is 9.41. The number of para-hydroxylation sites is 1. The lowest BCUT2D eigenvalue weighted by Gasteiger charge is -2.28. The van der Waals surface area contributed by atoms with Gasteiger partial charge in [0.2, 0.25) is 0 Å². The van der Waals surface area contributed by atoms with Crippen molar-refractivity contribution in [2.75, 3.05) is 18.5 Å². The Balaban J connectivity index is 2.22. The molecule has 2 unspecified atom stereocenters. The minimum absolute atomic E-state index is 0.0476. The highest BCUT2D eigenvalue weighted by Gasteiger charge is 2.40. The summed E-state index contributed by atoms with van der Waals surface area (Å²) < 4.78 is 0. The molecule has 0 aliphatic carbocycles. The van der Waals surface area contributed by atoms with Crippen LogP contribution in [0.4, 0.5) is 10.5 Å². The van der Waals surface area contributed by atoms with Gasteiger partial charge < -0.3 is 15.1 Å². The summed E-state index contributed by atoms with van der Waals surface area (Å²) in [7, 11) is 1.61. The summed E-state index contributed by atoms with van der Waals surface area (Å²) in [6.07, 6.45) is -0.715. The molecule has 2 atom stereocenters. The Labute approximate surface area is 117 Å². The first-order valence-electron chi connectivity index (χ1n) is 6.42. The van der Waals surface area contributed by atoms with Crippen molar-refractivity contribution in [2.45, 2.75) is 25.5 Å². The molecule has 2 amide bonds. The number of aliphatic carboxylic acids is 1. The van der Waals surface area contributed by atoms with Crippen molar-refractivity contribution in [3.8, 4) is 0 Å². The van der Waals surface area contributed by atoms with Crippen LogP contribution in [-0.2, 0) is 4.79 Å². The van der Waals surface area contributed by atoms with Gasteiger partial charge in [0, 0.05) is 25.7 Å². The van der Waals surface area contributed by atoms with Crippen LogP contribution in [0, 0.1) is 6.92 Å². The average Bonchev–Trinajstić information content (AvgIpc) is 2.80. The van der Waals surface area contributed by atoms with Gasteiger partial charge in [0.25, 0.3) is 0 Å². The summed E-state index contributed by atoms with van der Waals surface area (Å²) in [4.78, 5) is 26.2. The van der Waals surface area contributed by atoms with Crippen molar-refractivity contribution in [2.24, 2.45) is 0 Å². The maximum atomic E-state index is 12.4. The summed E-state index contributed by atoms with van der Waals surface area (Å²) in [5.41, 5.74) is 1.65. The quantitative estimate of drug-likeness (QED) is 0.848. The number of carboxylic acid groups (broad SMARTS) is 1. The van der Waals surface area contributed by atoms with Crippen molar-refractivity contribution in [3.63, 3.8) is 0 Å². The molecular weight excluding hydrogens is 260 g/mol. The van der Waals surface area contributed by atoms with Crippen LogP contribution in [0.1, 0.15) is 12.0 Å². The molecule has 1 fully saturated rings. The lowest BCUT2D eigenvalue weighted by molar-refractivity contribution is -0.141. The van der Waals surface area contributed by atoms with E-state index in [1.54, 1.807) is 13.1 Å². The van der Waals surface area contributed by atoms with Gasteiger partial charge in [0.15, 0.2) is 0 Å². The standard InChI is InChI=1S/C14H18N2O4/c1-9-5-3-4-6-11(9)15(2)14(20)16-8-10(17)7-12(16)13(18)19/h3-6,10,12,17H,7-8H2,1-2H3,(H,18,19). The van der Waals surface area contributed by atoms with Gasteiger partial charge in [0.05, 0.1) is 6.10 Å². The summed E-state index contributed by atoms with van der Waals surface area (Å²) >= 11 is 0. The Morgan fingerprint density at radius 3 is 2.60 bits per heavy atom. The van der Waals surface area contributed by atoms with E-state index >= 15 is 0 Å². The fourth-order valence-electron chi connectivity index (χ4n) is 2.49. The third-order valence-corrected chi connectivity index (χ3v) is 3.57. The largest absolute Gasteiger partial charge is 0.480 e. The lowest BCUT2D eigenvalue weighted by Crippen LogP contribution is -2.47. The van der Waals surface area contributed by atoms with E-state index in [4.69, 9.17) is 5.11 Å². The summed E-state index contributed by atoms with van der Waals surface area (Å²) in [6.45, 7) is 1.93. The number of likely N-dealkylation sites (tertiary alicyclic amines) is 1. The van der Waals surface area contributed by atoms with Crippen molar-refractivity contribution in [1.82, 2.24) is 4.90 Å². The molecule has 0 spiro atoms. The zero-order chi connectivity index (χ0) is 14.9. The Morgan fingerprint density at radius 2 is 2.00 bits per heavy atom. The van der Waals surface area contributed by atoms with Gasteiger partial charge in [-0.2, -0.15) is 0 Å². The van der Waals surface area contributed by atoms with Crippen LogP contribution in [0.3, 0.4) is 0 Å². The maximum absolute atomic E-state index is 12.4. The number of benzene rings is 1. The topological polar surface area (TPSA) is 81.1 Å². The second-order valence-electron chi connectivity index (χ2n) is 5.02. The van der Waals surface area contributed by atoms with Gasteiger partial charge in [-0.3, -0.25) is 4.90 Å². The molecule has 1 aromatic carbocycles. The number of urea groups is 1. The van der Waals surface area contributed by atoms with Gasteiger partial charge in [-0.25, -0.2) is 9.59 Å². The number of nitrogens with zero attached hydrogens (tertiary/aromatic N) is 2. The van der Waals surface area contributed by atoms with Crippen molar-refractivity contribution >= 4 is 17.7 Å². The van der Waals surface area contributed by atoms with Gasteiger partial charge in [-0.05, 0) is 18.6 Å². The number of carbonyl (C=O) groups excluding carboxylic acids is 1. The van der Waals surface area contributed by atoms with Gasteiger partial charge >= 0.3 is 12.0 Å².